The first-order valence-corrected chi connectivity index (χ1v) is 3.71. The highest BCUT2D eigenvalue weighted by atomic mass is 16.6. The second kappa shape index (κ2) is 3.80. The fourth-order valence-corrected chi connectivity index (χ4v) is 0.842. The Balaban J connectivity index is 2.70. The van der Waals surface area contributed by atoms with Crippen molar-refractivity contribution in [3.05, 3.63) is 15.8 Å². The number of hydrogen-bond acceptors (Lipinski definition) is 5. The largest absolute Gasteiger partial charge is 0.437 e. The van der Waals surface area contributed by atoms with E-state index in [0.717, 1.165) is 12.8 Å². The lowest BCUT2D eigenvalue weighted by Crippen LogP contribution is -1.94. The SMILES string of the molecule is CCCCc1nonc1[N+](=O)[O-]. The highest BCUT2D eigenvalue weighted by Gasteiger charge is 2.20. The van der Waals surface area contributed by atoms with Crippen molar-refractivity contribution in [2.24, 2.45) is 0 Å². The highest BCUT2D eigenvalue weighted by Crippen LogP contribution is 2.14. The summed E-state index contributed by atoms with van der Waals surface area (Å²) in [5.41, 5.74) is 0.335. The van der Waals surface area contributed by atoms with Gasteiger partial charge in [0.05, 0.1) is 0 Å². The summed E-state index contributed by atoms with van der Waals surface area (Å²) in [4.78, 5) is 9.71. The van der Waals surface area contributed by atoms with E-state index in [1.165, 1.54) is 0 Å². The van der Waals surface area contributed by atoms with Crippen LogP contribution in [0.1, 0.15) is 25.5 Å². The van der Waals surface area contributed by atoms with Crippen molar-refractivity contribution in [2.45, 2.75) is 26.2 Å². The van der Waals surface area contributed by atoms with E-state index in [1.807, 2.05) is 6.92 Å². The number of hydrogen-bond donors (Lipinski definition) is 0. The van der Waals surface area contributed by atoms with Crippen LogP contribution in [0.25, 0.3) is 0 Å². The highest BCUT2D eigenvalue weighted by molar-refractivity contribution is 5.21. The Bertz CT molecular complexity index is 271. The van der Waals surface area contributed by atoms with Gasteiger partial charge in [0.1, 0.15) is 0 Å². The molecule has 0 N–H and O–H groups in total. The molecule has 0 aliphatic heterocycles. The number of aromatic nitrogens is 2. The lowest BCUT2D eigenvalue weighted by molar-refractivity contribution is -0.391. The Morgan fingerprint density at radius 3 is 2.92 bits per heavy atom. The van der Waals surface area contributed by atoms with E-state index >= 15 is 0 Å². The zero-order valence-electron chi connectivity index (χ0n) is 6.69. The molecule has 0 aromatic carbocycles. The first-order valence-electron chi connectivity index (χ1n) is 3.71. The third kappa shape index (κ3) is 1.77. The molecule has 0 saturated heterocycles. The Labute approximate surface area is 68.7 Å². The molecule has 0 radical (unpaired) electrons. The average molecular weight is 171 g/mol. The van der Waals surface area contributed by atoms with Gasteiger partial charge in [-0.15, -0.1) is 4.63 Å². The van der Waals surface area contributed by atoms with Gasteiger partial charge < -0.3 is 10.1 Å². The first kappa shape index (κ1) is 8.63. The molecule has 0 amide bonds. The maximum absolute atomic E-state index is 10.3. The molecule has 0 bridgehead atoms. The van der Waals surface area contributed by atoms with Crippen molar-refractivity contribution in [3.63, 3.8) is 0 Å². The lowest BCUT2D eigenvalue weighted by atomic mass is 10.2. The summed E-state index contributed by atoms with van der Waals surface area (Å²) in [5, 5.41) is 16.9. The molecule has 0 aliphatic rings. The molecule has 0 saturated carbocycles. The summed E-state index contributed by atoms with van der Waals surface area (Å²) in [6, 6.07) is 0. The number of rotatable bonds is 4. The molecule has 0 unspecified atom stereocenters. The average Bonchev–Trinajstić information content (AvgIpc) is 2.48. The van der Waals surface area contributed by atoms with Crippen molar-refractivity contribution in [2.75, 3.05) is 0 Å². The zero-order chi connectivity index (χ0) is 8.97. The molecular weight excluding hydrogens is 162 g/mol. The molecule has 6 heteroatoms. The maximum Gasteiger partial charge on any atom is 0.437 e. The second-order valence-electron chi connectivity index (χ2n) is 2.40. The normalized spacial score (nSPS) is 10.1. The van der Waals surface area contributed by atoms with Crippen LogP contribution in [0, 0.1) is 10.1 Å². The van der Waals surface area contributed by atoms with Crippen molar-refractivity contribution in [3.8, 4) is 0 Å². The minimum atomic E-state index is -0.582. The summed E-state index contributed by atoms with van der Waals surface area (Å²) in [6.07, 6.45) is 2.37. The van der Waals surface area contributed by atoms with E-state index in [9.17, 15) is 10.1 Å². The van der Waals surface area contributed by atoms with E-state index < -0.39 is 4.92 Å². The molecule has 0 spiro atoms. The van der Waals surface area contributed by atoms with Gasteiger partial charge in [0, 0.05) is 6.42 Å². The molecule has 12 heavy (non-hydrogen) atoms. The van der Waals surface area contributed by atoms with E-state index in [0.29, 0.717) is 12.1 Å². The molecule has 66 valence electrons. The molecule has 1 heterocycles. The van der Waals surface area contributed by atoms with Crippen LogP contribution in [-0.2, 0) is 6.42 Å². The quantitative estimate of drug-likeness (QED) is 0.504. The van der Waals surface area contributed by atoms with Crippen LogP contribution in [0.3, 0.4) is 0 Å². The van der Waals surface area contributed by atoms with Gasteiger partial charge in [0.15, 0.2) is 10.9 Å². The van der Waals surface area contributed by atoms with Crippen LogP contribution >= 0.6 is 0 Å². The predicted octanol–water partition coefficient (Wildman–Crippen LogP) is 1.32. The summed E-state index contributed by atoms with van der Waals surface area (Å²) in [5.74, 6) is -0.261. The van der Waals surface area contributed by atoms with Crippen LogP contribution in [0.2, 0.25) is 0 Å². The fourth-order valence-electron chi connectivity index (χ4n) is 0.842. The van der Waals surface area contributed by atoms with Crippen molar-refractivity contribution in [1.82, 2.24) is 10.3 Å². The summed E-state index contributed by atoms with van der Waals surface area (Å²) >= 11 is 0. The monoisotopic (exact) mass is 171 g/mol. The topological polar surface area (TPSA) is 82.1 Å². The lowest BCUT2D eigenvalue weighted by Gasteiger charge is -1.90. The number of aryl methyl sites for hydroxylation is 1. The number of nitro groups is 1. The number of unbranched alkanes of at least 4 members (excludes halogenated alkanes) is 1. The Kier molecular flexibility index (Phi) is 2.73. The first-order chi connectivity index (χ1) is 5.75. The minimum Gasteiger partial charge on any atom is -0.358 e. The van der Waals surface area contributed by atoms with Gasteiger partial charge in [-0.05, 0) is 16.5 Å². The van der Waals surface area contributed by atoms with Crippen LogP contribution in [-0.4, -0.2) is 15.2 Å². The Hall–Kier alpha value is -1.46. The third-order valence-corrected chi connectivity index (χ3v) is 1.48. The van der Waals surface area contributed by atoms with Gasteiger partial charge in [-0.1, -0.05) is 13.3 Å². The standard InChI is InChI=1S/C6H9N3O3/c1-2-3-4-5-6(9(10)11)8-12-7-5/h2-4H2,1H3. The van der Waals surface area contributed by atoms with Crippen LogP contribution in [0.15, 0.2) is 4.63 Å². The van der Waals surface area contributed by atoms with E-state index in [-0.39, 0.29) is 5.82 Å². The molecule has 0 atom stereocenters. The van der Waals surface area contributed by atoms with Gasteiger partial charge in [-0.3, -0.25) is 0 Å². The molecule has 1 aromatic rings. The smallest absolute Gasteiger partial charge is 0.358 e. The summed E-state index contributed by atoms with van der Waals surface area (Å²) in [7, 11) is 0. The van der Waals surface area contributed by atoms with Crippen LogP contribution in [0.4, 0.5) is 5.82 Å². The van der Waals surface area contributed by atoms with E-state index in [4.69, 9.17) is 0 Å². The molecule has 6 nitrogen and oxygen atoms in total. The van der Waals surface area contributed by atoms with Gasteiger partial charge in [-0.2, -0.15) is 0 Å². The van der Waals surface area contributed by atoms with Gasteiger partial charge in [0.25, 0.3) is 0 Å². The van der Waals surface area contributed by atoms with Gasteiger partial charge in [0.2, 0.25) is 0 Å². The van der Waals surface area contributed by atoms with Gasteiger partial charge in [-0.25, -0.2) is 0 Å². The molecular formula is C6H9N3O3. The number of nitrogens with zero attached hydrogens (tertiary/aromatic N) is 3. The van der Waals surface area contributed by atoms with E-state index in [2.05, 4.69) is 14.9 Å². The van der Waals surface area contributed by atoms with Gasteiger partial charge >= 0.3 is 5.82 Å². The van der Waals surface area contributed by atoms with Crippen molar-refractivity contribution < 1.29 is 9.55 Å². The second-order valence-corrected chi connectivity index (χ2v) is 2.40. The van der Waals surface area contributed by atoms with Crippen LogP contribution < -0.4 is 0 Å². The molecule has 0 fully saturated rings. The maximum atomic E-state index is 10.3. The summed E-state index contributed by atoms with van der Waals surface area (Å²) < 4.78 is 4.26. The minimum absolute atomic E-state index is 0.261. The molecule has 1 rings (SSSR count). The Morgan fingerprint density at radius 2 is 2.33 bits per heavy atom. The predicted molar refractivity (Wildman–Crippen MR) is 39.6 cm³/mol. The van der Waals surface area contributed by atoms with E-state index in [1.54, 1.807) is 0 Å². The fraction of sp³-hybridized carbons (Fsp3) is 0.667. The zero-order valence-corrected chi connectivity index (χ0v) is 6.69. The summed E-state index contributed by atoms with van der Waals surface area (Å²) in [6.45, 7) is 2.00. The molecule has 0 aliphatic carbocycles. The van der Waals surface area contributed by atoms with Crippen molar-refractivity contribution in [1.29, 1.82) is 0 Å². The van der Waals surface area contributed by atoms with Crippen molar-refractivity contribution >= 4 is 5.82 Å². The third-order valence-electron chi connectivity index (χ3n) is 1.48. The van der Waals surface area contributed by atoms with Crippen LogP contribution in [0.5, 0.6) is 0 Å². The Morgan fingerprint density at radius 1 is 1.58 bits per heavy atom. The molecule has 1 aromatic heterocycles.